The number of thiophene rings is 1. The van der Waals surface area contributed by atoms with Crippen molar-refractivity contribution in [3.05, 3.63) is 82.6 Å². The van der Waals surface area contributed by atoms with Gasteiger partial charge in [-0.2, -0.15) is 11.3 Å². The number of anilines is 1. The van der Waals surface area contributed by atoms with E-state index in [0.29, 0.717) is 5.92 Å². The van der Waals surface area contributed by atoms with E-state index in [2.05, 4.69) is 72.9 Å². The third-order valence-corrected chi connectivity index (χ3v) is 6.52. The minimum Gasteiger partial charge on any atom is -0.378 e. The first-order valence-electron chi connectivity index (χ1n) is 10.5. The molecule has 0 atom stereocenters. The summed E-state index contributed by atoms with van der Waals surface area (Å²) < 4.78 is 0. The molecule has 154 valence electrons. The largest absolute Gasteiger partial charge is 0.378 e. The molecule has 1 amide bonds. The Labute approximate surface area is 183 Å². The summed E-state index contributed by atoms with van der Waals surface area (Å²) in [5.74, 6) is 0.626. The smallest absolute Gasteiger partial charge is 0.246 e. The Bertz CT molecular complexity index is 1020. The van der Waals surface area contributed by atoms with Crippen LogP contribution in [0.3, 0.4) is 0 Å². The molecule has 4 heteroatoms. The Morgan fingerprint density at radius 1 is 1.03 bits per heavy atom. The molecule has 0 saturated carbocycles. The second-order valence-electron chi connectivity index (χ2n) is 8.06. The van der Waals surface area contributed by atoms with E-state index in [1.54, 1.807) is 17.4 Å². The van der Waals surface area contributed by atoms with E-state index >= 15 is 0 Å². The van der Waals surface area contributed by atoms with Gasteiger partial charge in [-0.15, -0.1) is 0 Å². The van der Waals surface area contributed by atoms with Crippen molar-refractivity contribution in [3.8, 4) is 11.1 Å². The van der Waals surface area contributed by atoms with Crippen LogP contribution < -0.4 is 4.90 Å². The van der Waals surface area contributed by atoms with Crippen molar-refractivity contribution in [2.45, 2.75) is 18.8 Å². The number of carbonyl (C=O) groups is 1. The van der Waals surface area contributed by atoms with Crippen molar-refractivity contribution in [3.63, 3.8) is 0 Å². The number of hydrogen-bond acceptors (Lipinski definition) is 3. The van der Waals surface area contributed by atoms with Gasteiger partial charge >= 0.3 is 0 Å². The first-order valence-corrected chi connectivity index (χ1v) is 11.4. The number of amides is 1. The summed E-state index contributed by atoms with van der Waals surface area (Å²) in [7, 11) is 4.14. The molecular formula is C26H28N2OS. The summed E-state index contributed by atoms with van der Waals surface area (Å²) in [5.41, 5.74) is 6.19. The Balaban J connectivity index is 1.41. The van der Waals surface area contributed by atoms with Crippen LogP contribution >= 0.6 is 11.3 Å². The van der Waals surface area contributed by atoms with Crippen molar-refractivity contribution in [1.82, 2.24) is 4.90 Å². The minimum absolute atomic E-state index is 0.119. The Kier molecular flexibility index (Phi) is 6.34. The topological polar surface area (TPSA) is 23.6 Å². The van der Waals surface area contributed by atoms with E-state index < -0.39 is 0 Å². The fraction of sp³-hybridized carbons (Fsp3) is 0.269. The predicted octanol–water partition coefficient (Wildman–Crippen LogP) is 5.90. The van der Waals surface area contributed by atoms with E-state index in [0.717, 1.165) is 31.5 Å². The summed E-state index contributed by atoms with van der Waals surface area (Å²) in [4.78, 5) is 16.6. The summed E-state index contributed by atoms with van der Waals surface area (Å²) >= 11 is 1.65. The molecule has 30 heavy (non-hydrogen) atoms. The van der Waals surface area contributed by atoms with Gasteiger partial charge in [0.1, 0.15) is 0 Å². The highest BCUT2D eigenvalue weighted by Crippen LogP contribution is 2.32. The number of rotatable bonds is 5. The van der Waals surface area contributed by atoms with Gasteiger partial charge in [0.2, 0.25) is 5.91 Å². The lowest BCUT2D eigenvalue weighted by Gasteiger charge is -2.31. The van der Waals surface area contributed by atoms with Crippen LogP contribution in [0, 0.1) is 0 Å². The second kappa shape index (κ2) is 9.31. The van der Waals surface area contributed by atoms with Gasteiger partial charge in [-0.05, 0) is 76.0 Å². The molecule has 1 aliphatic rings. The van der Waals surface area contributed by atoms with E-state index in [1.165, 1.54) is 22.4 Å². The van der Waals surface area contributed by atoms with Gasteiger partial charge in [0.25, 0.3) is 0 Å². The Morgan fingerprint density at radius 3 is 2.47 bits per heavy atom. The first-order chi connectivity index (χ1) is 14.6. The molecule has 1 saturated heterocycles. The zero-order valence-corrected chi connectivity index (χ0v) is 18.4. The monoisotopic (exact) mass is 416 g/mol. The molecule has 3 nitrogen and oxygen atoms in total. The van der Waals surface area contributed by atoms with Crippen molar-refractivity contribution in [2.24, 2.45) is 0 Å². The zero-order valence-electron chi connectivity index (χ0n) is 17.6. The molecule has 2 aromatic carbocycles. The number of piperidine rings is 1. The molecular weight excluding hydrogens is 388 g/mol. The summed E-state index contributed by atoms with van der Waals surface area (Å²) in [6.07, 6.45) is 5.65. The number of hydrogen-bond donors (Lipinski definition) is 0. The Hall–Kier alpha value is -2.85. The average molecular weight is 417 g/mol. The van der Waals surface area contributed by atoms with Crippen molar-refractivity contribution in [1.29, 1.82) is 0 Å². The standard InChI is InChI=1S/C26H28N2OS/c1-27(2)25-8-4-7-24(18-25)23-6-3-5-22(17-23)21-11-14-28(15-12-21)26(29)10-9-20-13-16-30-19-20/h3-10,13,16-19,21H,11-12,14-15H2,1-2H3/b10-9+. The fourth-order valence-corrected chi connectivity index (χ4v) is 4.64. The van der Waals surface area contributed by atoms with Crippen LogP contribution in [0.2, 0.25) is 0 Å². The highest BCUT2D eigenvalue weighted by molar-refractivity contribution is 7.08. The van der Waals surface area contributed by atoms with Crippen molar-refractivity contribution >= 4 is 29.0 Å². The molecule has 0 bridgehead atoms. The highest BCUT2D eigenvalue weighted by Gasteiger charge is 2.23. The van der Waals surface area contributed by atoms with E-state index in [1.807, 2.05) is 22.4 Å². The maximum Gasteiger partial charge on any atom is 0.246 e. The lowest BCUT2D eigenvalue weighted by atomic mass is 9.87. The average Bonchev–Trinajstić information content (AvgIpc) is 3.31. The molecule has 0 N–H and O–H groups in total. The number of benzene rings is 2. The van der Waals surface area contributed by atoms with Crippen LogP contribution in [0.5, 0.6) is 0 Å². The summed E-state index contributed by atoms with van der Waals surface area (Å²) in [6.45, 7) is 1.63. The molecule has 2 heterocycles. The highest BCUT2D eigenvalue weighted by atomic mass is 32.1. The molecule has 1 aromatic heterocycles. The predicted molar refractivity (Wildman–Crippen MR) is 128 cm³/mol. The molecule has 3 aromatic rings. The van der Waals surface area contributed by atoms with Crippen molar-refractivity contribution < 1.29 is 4.79 Å². The van der Waals surface area contributed by atoms with Crippen LogP contribution in [0.4, 0.5) is 5.69 Å². The van der Waals surface area contributed by atoms with Gasteiger partial charge in [-0.25, -0.2) is 0 Å². The van der Waals surface area contributed by atoms with Crippen LogP contribution in [-0.4, -0.2) is 38.0 Å². The quantitative estimate of drug-likeness (QED) is 0.483. The second-order valence-corrected chi connectivity index (χ2v) is 8.84. The van der Waals surface area contributed by atoms with Crippen LogP contribution in [0.25, 0.3) is 17.2 Å². The SMILES string of the molecule is CN(C)c1cccc(-c2cccc(C3CCN(C(=O)/C=C/c4ccsc4)CC3)c2)c1. The first kappa shape index (κ1) is 20.4. The summed E-state index contributed by atoms with van der Waals surface area (Å²) in [6, 6.07) is 19.6. The number of likely N-dealkylation sites (tertiary alicyclic amines) is 1. The third kappa shape index (κ3) is 4.82. The Morgan fingerprint density at radius 2 is 1.77 bits per heavy atom. The van der Waals surface area contributed by atoms with E-state index in [-0.39, 0.29) is 5.91 Å². The third-order valence-electron chi connectivity index (χ3n) is 5.82. The van der Waals surface area contributed by atoms with Gasteiger partial charge in [0.15, 0.2) is 0 Å². The maximum atomic E-state index is 12.5. The molecule has 0 aliphatic carbocycles. The van der Waals surface area contributed by atoms with Gasteiger partial charge in [0.05, 0.1) is 0 Å². The van der Waals surface area contributed by atoms with Crippen LogP contribution in [0.1, 0.15) is 29.9 Å². The van der Waals surface area contributed by atoms with Crippen LogP contribution in [0.15, 0.2) is 71.4 Å². The lowest BCUT2D eigenvalue weighted by Crippen LogP contribution is -2.36. The zero-order chi connectivity index (χ0) is 20.9. The van der Waals surface area contributed by atoms with Crippen LogP contribution in [-0.2, 0) is 4.79 Å². The van der Waals surface area contributed by atoms with E-state index in [4.69, 9.17) is 0 Å². The van der Waals surface area contributed by atoms with Gasteiger partial charge in [-0.1, -0.05) is 36.4 Å². The lowest BCUT2D eigenvalue weighted by molar-refractivity contribution is -0.126. The molecule has 1 aliphatic heterocycles. The van der Waals surface area contributed by atoms with Gasteiger partial charge < -0.3 is 9.80 Å². The van der Waals surface area contributed by atoms with Crippen molar-refractivity contribution in [2.75, 3.05) is 32.1 Å². The number of carbonyl (C=O) groups excluding carboxylic acids is 1. The fourth-order valence-electron chi connectivity index (χ4n) is 4.01. The molecule has 1 fully saturated rings. The van der Waals surface area contributed by atoms with Gasteiger partial charge in [-0.3, -0.25) is 4.79 Å². The van der Waals surface area contributed by atoms with Gasteiger partial charge in [0, 0.05) is 38.9 Å². The molecule has 4 rings (SSSR count). The summed E-state index contributed by atoms with van der Waals surface area (Å²) in [5, 5.41) is 4.08. The van der Waals surface area contributed by atoms with E-state index in [9.17, 15) is 4.79 Å². The number of nitrogens with zero attached hydrogens (tertiary/aromatic N) is 2. The maximum absolute atomic E-state index is 12.5. The molecule has 0 unspecified atom stereocenters. The normalized spacial score (nSPS) is 14.9. The molecule has 0 radical (unpaired) electrons. The minimum atomic E-state index is 0.119. The molecule has 0 spiro atoms.